The second-order valence-corrected chi connectivity index (χ2v) is 5.35. The molecule has 0 radical (unpaired) electrons. The lowest BCUT2D eigenvalue weighted by Gasteiger charge is -2.28. The molecule has 1 nitrogen and oxygen atoms in total. The summed E-state index contributed by atoms with van der Waals surface area (Å²) in [6.45, 7) is 5.32. The average molecular weight is 243 g/mol. The van der Waals surface area contributed by atoms with Gasteiger partial charge in [0.25, 0.3) is 0 Å². The van der Waals surface area contributed by atoms with E-state index in [4.69, 9.17) is 0 Å². The first-order valence-corrected chi connectivity index (χ1v) is 6.59. The van der Waals surface area contributed by atoms with Gasteiger partial charge in [-0.15, -0.1) is 0 Å². The van der Waals surface area contributed by atoms with Crippen molar-refractivity contribution in [3.8, 4) is 0 Å². The molecule has 0 amide bonds. The third kappa shape index (κ3) is 3.10. The van der Waals surface area contributed by atoms with Crippen molar-refractivity contribution in [3.63, 3.8) is 0 Å². The van der Waals surface area contributed by atoms with Gasteiger partial charge >= 0.3 is 0 Å². The molecule has 0 bridgehead atoms. The van der Waals surface area contributed by atoms with E-state index in [9.17, 15) is 8.78 Å². The van der Waals surface area contributed by atoms with Crippen molar-refractivity contribution in [2.75, 3.05) is 13.1 Å². The minimum atomic E-state index is -1.33. The Hall–Kier alpha value is -0.790. The Morgan fingerprint density at radius 1 is 1.25 bits per heavy atom. The highest BCUT2D eigenvalue weighted by molar-refractivity contribution is 7.67. The SMILES string of the molecule is CCN(CC)P(/C(F)=C/F)c1ccccc1. The molecule has 88 valence electrons. The summed E-state index contributed by atoms with van der Waals surface area (Å²) in [5.74, 6) is 0. The summed E-state index contributed by atoms with van der Waals surface area (Å²) in [5, 5.41) is 0.840. The summed E-state index contributed by atoms with van der Waals surface area (Å²) in [6, 6.07) is 9.25. The molecule has 0 heterocycles. The summed E-state index contributed by atoms with van der Waals surface area (Å²) in [6.07, 6.45) is 0.0804. The Labute approximate surface area is 96.6 Å². The molecule has 1 unspecified atom stereocenters. The Bertz CT molecular complexity index is 336. The van der Waals surface area contributed by atoms with E-state index in [1.807, 2.05) is 48.8 Å². The summed E-state index contributed by atoms with van der Waals surface area (Å²) in [7, 11) is -1.33. The highest BCUT2D eigenvalue weighted by atomic mass is 31.1. The van der Waals surface area contributed by atoms with E-state index in [1.54, 1.807) is 0 Å². The number of hydrogen-bond acceptors (Lipinski definition) is 1. The first kappa shape index (κ1) is 13.3. The van der Waals surface area contributed by atoms with Crippen molar-refractivity contribution in [3.05, 3.63) is 42.2 Å². The highest BCUT2D eigenvalue weighted by Gasteiger charge is 2.22. The summed E-state index contributed by atoms with van der Waals surface area (Å²) < 4.78 is 27.9. The number of benzene rings is 1. The second-order valence-electron chi connectivity index (χ2n) is 3.22. The van der Waals surface area contributed by atoms with Crippen LogP contribution in [0.5, 0.6) is 0 Å². The van der Waals surface area contributed by atoms with Gasteiger partial charge in [-0.2, -0.15) is 0 Å². The maximum atomic E-state index is 13.6. The number of hydrogen-bond donors (Lipinski definition) is 0. The monoisotopic (exact) mass is 243 g/mol. The van der Waals surface area contributed by atoms with Gasteiger partial charge in [-0.25, -0.2) is 8.78 Å². The molecule has 0 aliphatic rings. The smallest absolute Gasteiger partial charge is 0.170 e. The van der Waals surface area contributed by atoms with Gasteiger partial charge in [0.1, 0.15) is 6.33 Å². The zero-order valence-corrected chi connectivity index (χ0v) is 10.4. The summed E-state index contributed by atoms with van der Waals surface area (Å²) in [5.41, 5.74) is -0.676. The van der Waals surface area contributed by atoms with Crippen LogP contribution in [-0.2, 0) is 0 Å². The third-order valence-electron chi connectivity index (χ3n) is 2.31. The van der Waals surface area contributed by atoms with Gasteiger partial charge in [-0.1, -0.05) is 44.2 Å². The Morgan fingerprint density at radius 2 is 1.81 bits per heavy atom. The van der Waals surface area contributed by atoms with Crippen LogP contribution in [0.1, 0.15) is 13.8 Å². The molecule has 0 aliphatic carbocycles. The van der Waals surface area contributed by atoms with Crippen LogP contribution in [-0.4, -0.2) is 17.8 Å². The van der Waals surface area contributed by atoms with E-state index < -0.39 is 13.6 Å². The number of halogens is 2. The Balaban J connectivity index is 3.05. The predicted molar refractivity (Wildman–Crippen MR) is 66.2 cm³/mol. The molecule has 0 fully saturated rings. The average Bonchev–Trinajstić information content (AvgIpc) is 2.36. The second kappa shape index (κ2) is 6.72. The van der Waals surface area contributed by atoms with Crippen LogP contribution in [0.25, 0.3) is 0 Å². The molecule has 0 saturated heterocycles. The van der Waals surface area contributed by atoms with Crippen molar-refractivity contribution in [2.24, 2.45) is 0 Å². The van der Waals surface area contributed by atoms with Gasteiger partial charge in [0.15, 0.2) is 5.57 Å². The van der Waals surface area contributed by atoms with Crippen LogP contribution in [0.4, 0.5) is 8.78 Å². The fraction of sp³-hybridized carbons (Fsp3) is 0.333. The van der Waals surface area contributed by atoms with E-state index in [0.29, 0.717) is 13.1 Å². The normalized spacial score (nSPS) is 14.2. The fourth-order valence-electron chi connectivity index (χ4n) is 1.54. The lowest BCUT2D eigenvalue weighted by atomic mass is 10.4. The zero-order chi connectivity index (χ0) is 12.0. The molecule has 0 aromatic heterocycles. The molecule has 1 atom stereocenters. The van der Waals surface area contributed by atoms with Gasteiger partial charge < -0.3 is 0 Å². The molecule has 0 N–H and O–H groups in total. The molecule has 0 aliphatic heterocycles. The van der Waals surface area contributed by atoms with Gasteiger partial charge in [0, 0.05) is 0 Å². The van der Waals surface area contributed by atoms with Crippen LogP contribution < -0.4 is 5.30 Å². The minimum absolute atomic E-state index is 0.0804. The molecule has 4 heteroatoms. The Morgan fingerprint density at radius 3 is 2.25 bits per heavy atom. The predicted octanol–water partition coefficient (Wildman–Crippen LogP) is 3.79. The number of rotatable bonds is 5. The van der Waals surface area contributed by atoms with E-state index in [-0.39, 0.29) is 6.33 Å². The molecule has 1 rings (SSSR count). The van der Waals surface area contributed by atoms with E-state index in [1.165, 1.54) is 0 Å². The first-order valence-electron chi connectivity index (χ1n) is 5.30. The molecular formula is C12H16F2NP. The summed E-state index contributed by atoms with van der Waals surface area (Å²) in [4.78, 5) is 0. The van der Waals surface area contributed by atoms with Crippen molar-refractivity contribution in [2.45, 2.75) is 13.8 Å². The van der Waals surface area contributed by atoms with E-state index >= 15 is 0 Å². The molecule has 0 saturated carbocycles. The van der Waals surface area contributed by atoms with Crippen molar-refractivity contribution < 1.29 is 8.78 Å². The van der Waals surface area contributed by atoms with Crippen LogP contribution in [0.15, 0.2) is 42.2 Å². The fourth-order valence-corrected chi connectivity index (χ4v) is 3.50. The van der Waals surface area contributed by atoms with E-state index in [0.717, 1.165) is 5.30 Å². The first-order chi connectivity index (χ1) is 7.74. The maximum Gasteiger partial charge on any atom is 0.170 e. The molecule has 1 aromatic rings. The largest absolute Gasteiger partial charge is 0.273 e. The van der Waals surface area contributed by atoms with Crippen LogP contribution >= 0.6 is 8.07 Å². The highest BCUT2D eigenvalue weighted by Crippen LogP contribution is 2.47. The van der Waals surface area contributed by atoms with Gasteiger partial charge in [-0.3, -0.25) is 4.67 Å². The maximum absolute atomic E-state index is 13.6. The van der Waals surface area contributed by atoms with E-state index in [2.05, 4.69) is 0 Å². The van der Waals surface area contributed by atoms with Crippen LogP contribution in [0.2, 0.25) is 0 Å². The molecule has 1 aromatic carbocycles. The quantitative estimate of drug-likeness (QED) is 0.711. The Kier molecular flexibility index (Phi) is 5.58. The van der Waals surface area contributed by atoms with Gasteiger partial charge in [0.2, 0.25) is 0 Å². The topological polar surface area (TPSA) is 3.24 Å². The number of nitrogens with zero attached hydrogens (tertiary/aromatic N) is 1. The van der Waals surface area contributed by atoms with Crippen molar-refractivity contribution in [1.82, 2.24) is 4.67 Å². The van der Waals surface area contributed by atoms with Gasteiger partial charge in [-0.05, 0) is 18.4 Å². The van der Waals surface area contributed by atoms with Crippen LogP contribution in [0.3, 0.4) is 0 Å². The zero-order valence-electron chi connectivity index (χ0n) is 9.53. The van der Waals surface area contributed by atoms with Gasteiger partial charge in [0.05, 0.1) is 8.07 Å². The molecule has 0 spiro atoms. The lowest BCUT2D eigenvalue weighted by Crippen LogP contribution is -2.22. The van der Waals surface area contributed by atoms with Crippen molar-refractivity contribution in [1.29, 1.82) is 0 Å². The lowest BCUT2D eigenvalue weighted by molar-refractivity contribution is 0.502. The van der Waals surface area contributed by atoms with Crippen LogP contribution in [0, 0.1) is 0 Å². The van der Waals surface area contributed by atoms with Crippen molar-refractivity contribution >= 4 is 13.4 Å². The third-order valence-corrected chi connectivity index (χ3v) is 4.73. The molecular weight excluding hydrogens is 227 g/mol. The molecule has 16 heavy (non-hydrogen) atoms. The minimum Gasteiger partial charge on any atom is -0.273 e. The summed E-state index contributed by atoms with van der Waals surface area (Å²) >= 11 is 0. The standard InChI is InChI=1S/C12H16F2NP/c1-3-15(4-2)16(12(14)10-13)11-8-6-5-7-9-11/h5-10H,3-4H2,1-2H3/b12-10+.